The molecule has 0 saturated heterocycles. The molecule has 7 heteroatoms. The third kappa shape index (κ3) is 4.57. The molecule has 2 unspecified atom stereocenters. The zero-order valence-corrected chi connectivity index (χ0v) is 9.89. The van der Waals surface area contributed by atoms with E-state index in [1.54, 1.807) is 12.1 Å². The molecular weight excluding hydrogens is 256 g/mol. The van der Waals surface area contributed by atoms with Gasteiger partial charge in [0.2, 0.25) is 0 Å². The summed E-state index contributed by atoms with van der Waals surface area (Å²) < 4.78 is 4.96. The number of carboxylic acid groups (broad SMARTS) is 2. The highest BCUT2D eigenvalue weighted by Gasteiger charge is 2.24. The average Bonchev–Trinajstić information content (AvgIpc) is 2.35. The maximum absolute atomic E-state index is 10.5. The molecule has 0 amide bonds. The van der Waals surface area contributed by atoms with Gasteiger partial charge >= 0.3 is 11.9 Å². The van der Waals surface area contributed by atoms with Crippen molar-refractivity contribution in [2.75, 3.05) is 6.61 Å². The third-order valence-corrected chi connectivity index (χ3v) is 2.34. The Hall–Kier alpha value is -2.12. The molecule has 0 spiro atoms. The molecular formula is C12H14O7. The van der Waals surface area contributed by atoms with E-state index in [1.165, 1.54) is 12.1 Å². The SMILES string of the molecule is O=C(O)COc1ccccc1C(O)C(O)CC(=O)O. The number of carbonyl (C=O) groups is 2. The van der Waals surface area contributed by atoms with Gasteiger partial charge in [-0.2, -0.15) is 0 Å². The first-order valence-corrected chi connectivity index (χ1v) is 5.43. The zero-order chi connectivity index (χ0) is 14.4. The molecule has 1 rings (SSSR count). The first-order chi connectivity index (χ1) is 8.91. The van der Waals surface area contributed by atoms with Crippen LogP contribution in [0.25, 0.3) is 0 Å². The lowest BCUT2D eigenvalue weighted by Gasteiger charge is -2.19. The Morgan fingerprint density at radius 3 is 2.32 bits per heavy atom. The third-order valence-electron chi connectivity index (χ3n) is 2.34. The molecule has 0 aromatic heterocycles. The molecule has 104 valence electrons. The number of hydrogen-bond donors (Lipinski definition) is 4. The molecule has 0 aliphatic carbocycles. The van der Waals surface area contributed by atoms with Crippen molar-refractivity contribution in [1.82, 2.24) is 0 Å². The van der Waals surface area contributed by atoms with E-state index in [2.05, 4.69) is 0 Å². The lowest BCUT2D eigenvalue weighted by atomic mass is 10.0. The fraction of sp³-hybridized carbons (Fsp3) is 0.333. The maximum Gasteiger partial charge on any atom is 0.341 e. The van der Waals surface area contributed by atoms with E-state index in [0.717, 1.165) is 0 Å². The number of aliphatic hydroxyl groups excluding tert-OH is 2. The Kier molecular flexibility index (Phi) is 5.28. The predicted molar refractivity (Wildman–Crippen MR) is 62.8 cm³/mol. The standard InChI is InChI=1S/C12H14O7/c13-8(5-10(14)15)12(18)7-3-1-2-4-9(7)19-6-11(16)17/h1-4,8,12-13,18H,5-6H2,(H,14,15)(H,16,17). The Morgan fingerprint density at radius 2 is 1.74 bits per heavy atom. The van der Waals surface area contributed by atoms with Gasteiger partial charge in [0.05, 0.1) is 12.5 Å². The van der Waals surface area contributed by atoms with Crippen LogP contribution in [0.5, 0.6) is 5.75 Å². The van der Waals surface area contributed by atoms with E-state index in [9.17, 15) is 19.8 Å². The van der Waals surface area contributed by atoms with Gasteiger partial charge in [-0.15, -0.1) is 0 Å². The van der Waals surface area contributed by atoms with Crippen molar-refractivity contribution in [3.63, 3.8) is 0 Å². The highest BCUT2D eigenvalue weighted by Crippen LogP contribution is 2.28. The summed E-state index contributed by atoms with van der Waals surface area (Å²) in [5.74, 6) is -2.35. The summed E-state index contributed by atoms with van der Waals surface area (Å²) >= 11 is 0. The highest BCUT2D eigenvalue weighted by molar-refractivity contribution is 5.68. The molecule has 1 aromatic carbocycles. The monoisotopic (exact) mass is 270 g/mol. The number of ether oxygens (including phenoxy) is 1. The summed E-state index contributed by atoms with van der Waals surface area (Å²) in [6.07, 6.45) is -3.61. The molecule has 4 N–H and O–H groups in total. The summed E-state index contributed by atoms with van der Waals surface area (Å²) in [5.41, 5.74) is 0.137. The smallest absolute Gasteiger partial charge is 0.341 e. The molecule has 0 aliphatic rings. The Balaban J connectivity index is 2.86. The summed E-state index contributed by atoms with van der Waals surface area (Å²) in [5, 5.41) is 36.4. The van der Waals surface area contributed by atoms with Gasteiger partial charge in [0.25, 0.3) is 0 Å². The highest BCUT2D eigenvalue weighted by atomic mass is 16.5. The van der Waals surface area contributed by atoms with E-state index in [1.807, 2.05) is 0 Å². The van der Waals surface area contributed by atoms with Gasteiger partial charge in [-0.1, -0.05) is 18.2 Å². The molecule has 0 bridgehead atoms. The van der Waals surface area contributed by atoms with E-state index in [4.69, 9.17) is 14.9 Å². The second-order valence-electron chi connectivity index (χ2n) is 3.83. The topological polar surface area (TPSA) is 124 Å². The Morgan fingerprint density at radius 1 is 1.11 bits per heavy atom. The van der Waals surface area contributed by atoms with Gasteiger partial charge in [0, 0.05) is 5.56 Å². The first kappa shape index (κ1) is 14.9. The lowest BCUT2D eigenvalue weighted by molar-refractivity contribution is -0.141. The predicted octanol–water partition coefficient (Wildman–Crippen LogP) is 0.0190. The molecule has 0 radical (unpaired) electrons. The molecule has 0 saturated carbocycles. The number of hydrogen-bond acceptors (Lipinski definition) is 5. The van der Waals surface area contributed by atoms with Gasteiger partial charge in [0.15, 0.2) is 6.61 Å². The minimum Gasteiger partial charge on any atom is -0.482 e. The number of aliphatic hydroxyl groups is 2. The van der Waals surface area contributed by atoms with E-state index >= 15 is 0 Å². The second kappa shape index (κ2) is 6.72. The number of rotatable bonds is 7. The van der Waals surface area contributed by atoms with Crippen molar-refractivity contribution in [2.24, 2.45) is 0 Å². The molecule has 0 fully saturated rings. The van der Waals surface area contributed by atoms with Gasteiger partial charge in [-0.25, -0.2) is 4.79 Å². The fourth-order valence-corrected chi connectivity index (χ4v) is 1.49. The van der Waals surface area contributed by atoms with Crippen molar-refractivity contribution >= 4 is 11.9 Å². The second-order valence-corrected chi connectivity index (χ2v) is 3.83. The van der Waals surface area contributed by atoms with Crippen LogP contribution in [0.3, 0.4) is 0 Å². The quantitative estimate of drug-likeness (QED) is 0.550. The molecule has 1 aromatic rings. The number of aliphatic carboxylic acids is 2. The van der Waals surface area contributed by atoms with Gasteiger partial charge in [0.1, 0.15) is 11.9 Å². The lowest BCUT2D eigenvalue weighted by Crippen LogP contribution is -2.22. The van der Waals surface area contributed by atoms with Gasteiger partial charge in [-0.3, -0.25) is 4.79 Å². The molecule has 0 heterocycles. The van der Waals surface area contributed by atoms with Crippen molar-refractivity contribution < 1.29 is 34.8 Å². The van der Waals surface area contributed by atoms with Crippen LogP contribution in [-0.4, -0.2) is 45.1 Å². The zero-order valence-electron chi connectivity index (χ0n) is 9.89. The summed E-state index contributed by atoms with van der Waals surface area (Å²) in [6.45, 7) is -0.598. The average molecular weight is 270 g/mol. The number of benzene rings is 1. The van der Waals surface area contributed by atoms with Crippen LogP contribution >= 0.6 is 0 Å². The van der Waals surface area contributed by atoms with E-state index in [0.29, 0.717) is 0 Å². The Labute approximate surface area is 108 Å². The van der Waals surface area contributed by atoms with Gasteiger partial charge < -0.3 is 25.2 Å². The van der Waals surface area contributed by atoms with Crippen LogP contribution in [0.15, 0.2) is 24.3 Å². The van der Waals surface area contributed by atoms with Gasteiger partial charge in [-0.05, 0) is 6.07 Å². The molecule has 19 heavy (non-hydrogen) atoms. The first-order valence-electron chi connectivity index (χ1n) is 5.43. The van der Waals surface area contributed by atoms with E-state index in [-0.39, 0.29) is 11.3 Å². The van der Waals surface area contributed by atoms with Crippen LogP contribution in [0.4, 0.5) is 0 Å². The minimum atomic E-state index is -1.51. The van der Waals surface area contributed by atoms with Crippen molar-refractivity contribution in [3.8, 4) is 5.75 Å². The fourth-order valence-electron chi connectivity index (χ4n) is 1.49. The van der Waals surface area contributed by atoms with Crippen LogP contribution in [-0.2, 0) is 9.59 Å². The van der Waals surface area contributed by atoms with Crippen LogP contribution in [0, 0.1) is 0 Å². The van der Waals surface area contributed by atoms with Crippen LogP contribution in [0.1, 0.15) is 18.1 Å². The molecule has 7 nitrogen and oxygen atoms in total. The summed E-state index contributed by atoms with van der Waals surface area (Å²) in [7, 11) is 0. The van der Waals surface area contributed by atoms with Crippen molar-refractivity contribution in [2.45, 2.75) is 18.6 Å². The largest absolute Gasteiger partial charge is 0.482 e. The Bertz CT molecular complexity index is 457. The van der Waals surface area contributed by atoms with Crippen molar-refractivity contribution in [3.05, 3.63) is 29.8 Å². The number of para-hydroxylation sites is 1. The normalized spacial score (nSPS) is 13.6. The van der Waals surface area contributed by atoms with E-state index < -0.39 is 37.2 Å². The maximum atomic E-state index is 10.5. The summed E-state index contributed by atoms with van der Waals surface area (Å²) in [6, 6.07) is 5.97. The summed E-state index contributed by atoms with van der Waals surface area (Å²) in [4.78, 5) is 20.9. The van der Waals surface area contributed by atoms with Crippen LogP contribution in [0.2, 0.25) is 0 Å². The number of carboxylic acids is 2. The minimum absolute atomic E-state index is 0.0850. The van der Waals surface area contributed by atoms with Crippen molar-refractivity contribution in [1.29, 1.82) is 0 Å². The molecule has 2 atom stereocenters. The van der Waals surface area contributed by atoms with Crippen LogP contribution < -0.4 is 4.74 Å². The molecule has 0 aliphatic heterocycles.